The van der Waals surface area contributed by atoms with Gasteiger partial charge in [-0.15, -0.1) is 0 Å². The Bertz CT molecular complexity index is 1040. The highest BCUT2D eigenvalue weighted by atomic mass is 32.2. The van der Waals surface area contributed by atoms with Crippen molar-refractivity contribution < 1.29 is 17.9 Å². The van der Waals surface area contributed by atoms with E-state index in [2.05, 4.69) is 10.2 Å². The molecule has 0 atom stereocenters. The summed E-state index contributed by atoms with van der Waals surface area (Å²) in [7, 11) is -1.65. The Morgan fingerprint density at radius 1 is 1.00 bits per heavy atom. The summed E-state index contributed by atoms with van der Waals surface area (Å²) in [6.45, 7) is 8.71. The summed E-state index contributed by atoms with van der Waals surface area (Å²) < 4.78 is 33.3. The predicted molar refractivity (Wildman–Crippen MR) is 121 cm³/mol. The molecule has 1 amide bonds. The first-order valence-electron chi connectivity index (χ1n) is 10.5. The van der Waals surface area contributed by atoms with Crippen molar-refractivity contribution in [1.29, 1.82) is 0 Å². The first kappa shape index (κ1) is 23.2. The van der Waals surface area contributed by atoms with E-state index in [0.29, 0.717) is 44.9 Å². The summed E-state index contributed by atoms with van der Waals surface area (Å²) in [4.78, 5) is 15.0. The van der Waals surface area contributed by atoms with Gasteiger partial charge in [0.05, 0.1) is 11.4 Å². The number of hydrogen-bond acceptors (Lipinski definition) is 5. The maximum atomic E-state index is 13.0. The average molecular weight is 446 g/mol. The maximum Gasteiger partial charge on any atom is 0.251 e. The molecule has 1 N–H and O–H groups in total. The Morgan fingerprint density at radius 2 is 1.68 bits per heavy atom. The Labute approximate surface area is 185 Å². The average Bonchev–Trinajstić information content (AvgIpc) is 2.74. The summed E-state index contributed by atoms with van der Waals surface area (Å²) in [5, 5.41) is 2.83. The molecule has 1 aliphatic heterocycles. The van der Waals surface area contributed by atoms with Gasteiger partial charge in [-0.05, 0) is 62.7 Å². The van der Waals surface area contributed by atoms with Crippen molar-refractivity contribution >= 4 is 15.9 Å². The quantitative estimate of drug-likeness (QED) is 0.662. The third kappa shape index (κ3) is 5.64. The molecular weight excluding hydrogens is 414 g/mol. The number of hydrogen-bond donors (Lipinski definition) is 1. The van der Waals surface area contributed by atoms with E-state index in [1.807, 2.05) is 39.1 Å². The number of amides is 1. The van der Waals surface area contributed by atoms with Crippen LogP contribution in [0.15, 0.2) is 41.3 Å². The van der Waals surface area contributed by atoms with E-state index in [4.69, 9.17) is 4.74 Å². The minimum absolute atomic E-state index is 0.152. The molecule has 0 saturated carbocycles. The summed E-state index contributed by atoms with van der Waals surface area (Å²) in [6.07, 6.45) is 0. The van der Waals surface area contributed by atoms with Crippen LogP contribution in [0.1, 0.15) is 27.0 Å². The van der Waals surface area contributed by atoms with Crippen molar-refractivity contribution in [2.75, 3.05) is 46.4 Å². The second kappa shape index (κ2) is 9.80. The van der Waals surface area contributed by atoms with Gasteiger partial charge in [-0.2, -0.15) is 4.31 Å². The number of piperazine rings is 1. The fourth-order valence-corrected chi connectivity index (χ4v) is 4.92. The number of sulfonamides is 1. The number of nitrogens with zero attached hydrogens (tertiary/aromatic N) is 2. The standard InChI is InChI=1S/C23H31N3O4S/c1-17-5-6-19(3)22(15-17)30-14-9-24-23(27)21-16-20(8-7-18(21)2)31(28,29)26-12-10-25(4)11-13-26/h5-8,15-16H,9-14H2,1-4H3,(H,24,27). The molecule has 0 radical (unpaired) electrons. The van der Waals surface area contributed by atoms with Gasteiger partial charge in [0.25, 0.3) is 5.91 Å². The first-order chi connectivity index (χ1) is 14.7. The van der Waals surface area contributed by atoms with Crippen LogP contribution >= 0.6 is 0 Å². The van der Waals surface area contributed by atoms with Crippen LogP contribution in [0.2, 0.25) is 0 Å². The summed E-state index contributed by atoms with van der Waals surface area (Å²) in [5.41, 5.74) is 3.24. The number of aryl methyl sites for hydroxylation is 3. The maximum absolute atomic E-state index is 13.0. The van der Waals surface area contributed by atoms with Crippen LogP contribution in [0.4, 0.5) is 0 Å². The molecular formula is C23H31N3O4S. The van der Waals surface area contributed by atoms with Crippen molar-refractivity contribution in [1.82, 2.24) is 14.5 Å². The SMILES string of the molecule is Cc1ccc(C)c(OCCNC(=O)c2cc(S(=O)(=O)N3CCN(C)CC3)ccc2C)c1. The molecule has 7 nitrogen and oxygen atoms in total. The zero-order chi connectivity index (χ0) is 22.6. The van der Waals surface area contributed by atoms with Crippen molar-refractivity contribution in [3.63, 3.8) is 0 Å². The van der Waals surface area contributed by atoms with E-state index < -0.39 is 10.0 Å². The second-order valence-electron chi connectivity index (χ2n) is 8.06. The van der Waals surface area contributed by atoms with Crippen LogP contribution in [0.5, 0.6) is 5.75 Å². The smallest absolute Gasteiger partial charge is 0.251 e. The molecule has 1 fully saturated rings. The van der Waals surface area contributed by atoms with Crippen LogP contribution in [-0.4, -0.2) is 69.9 Å². The predicted octanol–water partition coefficient (Wildman–Crippen LogP) is 2.36. The van der Waals surface area contributed by atoms with Gasteiger partial charge >= 0.3 is 0 Å². The van der Waals surface area contributed by atoms with Gasteiger partial charge in [-0.3, -0.25) is 4.79 Å². The zero-order valence-corrected chi connectivity index (χ0v) is 19.5. The van der Waals surface area contributed by atoms with E-state index >= 15 is 0 Å². The molecule has 0 bridgehead atoms. The van der Waals surface area contributed by atoms with E-state index in [-0.39, 0.29) is 10.8 Å². The normalized spacial score (nSPS) is 15.6. The highest BCUT2D eigenvalue weighted by Gasteiger charge is 2.28. The lowest BCUT2D eigenvalue weighted by atomic mass is 10.1. The fourth-order valence-electron chi connectivity index (χ4n) is 3.47. The van der Waals surface area contributed by atoms with E-state index in [1.165, 1.54) is 10.4 Å². The molecule has 2 aromatic rings. The first-order valence-corrected chi connectivity index (χ1v) is 11.9. The van der Waals surface area contributed by atoms with Crippen molar-refractivity contribution in [3.8, 4) is 5.75 Å². The fraction of sp³-hybridized carbons (Fsp3) is 0.435. The summed E-state index contributed by atoms with van der Waals surface area (Å²) in [5.74, 6) is 0.489. The number of likely N-dealkylation sites (N-methyl/N-ethyl adjacent to an activating group) is 1. The minimum atomic E-state index is -3.63. The Morgan fingerprint density at radius 3 is 2.39 bits per heavy atom. The Kier molecular flexibility index (Phi) is 7.35. The van der Waals surface area contributed by atoms with Gasteiger partial charge in [-0.25, -0.2) is 8.42 Å². The number of ether oxygens (including phenoxy) is 1. The van der Waals surface area contributed by atoms with Crippen molar-refractivity contribution in [2.24, 2.45) is 0 Å². The zero-order valence-electron chi connectivity index (χ0n) is 18.6. The molecule has 3 rings (SSSR count). The van der Waals surface area contributed by atoms with E-state index in [9.17, 15) is 13.2 Å². The molecule has 1 aliphatic rings. The molecule has 0 unspecified atom stereocenters. The van der Waals surface area contributed by atoms with Crippen LogP contribution in [-0.2, 0) is 10.0 Å². The van der Waals surface area contributed by atoms with Gasteiger partial charge in [0, 0.05) is 31.7 Å². The Hall–Kier alpha value is -2.42. The van der Waals surface area contributed by atoms with Gasteiger partial charge < -0.3 is 15.0 Å². The minimum Gasteiger partial charge on any atom is -0.491 e. The van der Waals surface area contributed by atoms with Crippen LogP contribution in [0.3, 0.4) is 0 Å². The van der Waals surface area contributed by atoms with E-state index in [1.54, 1.807) is 19.1 Å². The molecule has 2 aromatic carbocycles. The third-order valence-electron chi connectivity index (χ3n) is 5.54. The highest BCUT2D eigenvalue weighted by Crippen LogP contribution is 2.21. The number of carbonyl (C=O) groups is 1. The molecule has 0 aromatic heterocycles. The molecule has 1 heterocycles. The van der Waals surface area contributed by atoms with Crippen LogP contribution in [0.25, 0.3) is 0 Å². The number of benzene rings is 2. The van der Waals surface area contributed by atoms with Gasteiger partial charge in [-0.1, -0.05) is 18.2 Å². The number of nitrogens with one attached hydrogen (secondary N) is 1. The van der Waals surface area contributed by atoms with Crippen LogP contribution < -0.4 is 10.1 Å². The van der Waals surface area contributed by atoms with Crippen molar-refractivity contribution in [3.05, 3.63) is 58.7 Å². The van der Waals surface area contributed by atoms with Crippen molar-refractivity contribution in [2.45, 2.75) is 25.7 Å². The molecule has 0 aliphatic carbocycles. The second-order valence-corrected chi connectivity index (χ2v) is 10.00. The molecule has 168 valence electrons. The largest absolute Gasteiger partial charge is 0.491 e. The van der Waals surface area contributed by atoms with Crippen LogP contribution in [0, 0.1) is 20.8 Å². The molecule has 8 heteroatoms. The summed E-state index contributed by atoms with van der Waals surface area (Å²) in [6, 6.07) is 10.7. The molecule has 1 saturated heterocycles. The van der Waals surface area contributed by atoms with Gasteiger partial charge in [0.1, 0.15) is 12.4 Å². The van der Waals surface area contributed by atoms with E-state index in [0.717, 1.165) is 22.4 Å². The lowest BCUT2D eigenvalue weighted by Gasteiger charge is -2.31. The van der Waals surface area contributed by atoms with Gasteiger partial charge in [0.15, 0.2) is 0 Å². The third-order valence-corrected chi connectivity index (χ3v) is 7.44. The lowest BCUT2D eigenvalue weighted by molar-refractivity contribution is 0.0946. The highest BCUT2D eigenvalue weighted by molar-refractivity contribution is 7.89. The number of rotatable bonds is 7. The topological polar surface area (TPSA) is 78.9 Å². The van der Waals surface area contributed by atoms with Gasteiger partial charge in [0.2, 0.25) is 10.0 Å². The number of carbonyl (C=O) groups excluding carboxylic acids is 1. The molecule has 31 heavy (non-hydrogen) atoms. The monoisotopic (exact) mass is 445 g/mol. The summed E-state index contributed by atoms with van der Waals surface area (Å²) >= 11 is 0. The Balaban J connectivity index is 1.64. The molecule has 0 spiro atoms. The lowest BCUT2D eigenvalue weighted by Crippen LogP contribution is -2.47.